The van der Waals surface area contributed by atoms with Crippen molar-refractivity contribution in [2.24, 2.45) is 0 Å². The maximum Gasteiger partial charge on any atom is 0.222 e. The van der Waals surface area contributed by atoms with Crippen molar-refractivity contribution >= 4 is 11.6 Å². The predicted octanol–water partition coefficient (Wildman–Crippen LogP) is 4.24. The molecule has 24 heavy (non-hydrogen) atoms. The Morgan fingerprint density at radius 2 is 1.79 bits per heavy atom. The highest BCUT2D eigenvalue weighted by Gasteiger charge is 2.31. The van der Waals surface area contributed by atoms with Gasteiger partial charge in [0.05, 0.1) is 23.3 Å². The molecule has 1 N–H and O–H groups in total. The first-order valence-corrected chi connectivity index (χ1v) is 8.41. The van der Waals surface area contributed by atoms with Crippen LogP contribution < -0.4 is 5.32 Å². The lowest BCUT2D eigenvalue weighted by atomic mass is 9.96. The second-order valence-corrected chi connectivity index (χ2v) is 6.52. The second-order valence-electron chi connectivity index (χ2n) is 6.18. The third-order valence-corrected chi connectivity index (χ3v) is 4.87. The number of nitrogens with one attached hydrogen (secondary N) is 1. The van der Waals surface area contributed by atoms with Crippen molar-refractivity contribution in [1.29, 1.82) is 0 Å². The van der Waals surface area contributed by atoms with Gasteiger partial charge >= 0.3 is 0 Å². The average molecular weight is 348 g/mol. The summed E-state index contributed by atoms with van der Waals surface area (Å²) in [5.41, 5.74) is 3.66. The predicted molar refractivity (Wildman–Crippen MR) is 88.2 cm³/mol. The van der Waals surface area contributed by atoms with Crippen LogP contribution in [0.3, 0.4) is 0 Å². The van der Waals surface area contributed by atoms with Crippen molar-refractivity contribution in [3.05, 3.63) is 69.8 Å². The number of benzene rings is 1. The Kier molecular flexibility index (Phi) is 4.06. The van der Waals surface area contributed by atoms with E-state index in [1.807, 2.05) is 0 Å². The van der Waals surface area contributed by atoms with Crippen LogP contribution >= 0.6 is 11.6 Å². The first kappa shape index (κ1) is 15.7. The molecule has 2 aromatic rings. The Balaban J connectivity index is 1.77. The van der Waals surface area contributed by atoms with Gasteiger partial charge in [-0.05, 0) is 53.8 Å². The monoisotopic (exact) mass is 347 g/mol. The summed E-state index contributed by atoms with van der Waals surface area (Å²) in [6.07, 6.45) is 3.63. The third-order valence-electron chi connectivity index (χ3n) is 4.70. The molecule has 0 radical (unpaired) electrons. The summed E-state index contributed by atoms with van der Waals surface area (Å²) < 4.78 is 26.8. The molecule has 1 aromatic heterocycles. The number of halogens is 3. The first-order chi connectivity index (χ1) is 11.6. The van der Waals surface area contributed by atoms with Gasteiger partial charge in [0.1, 0.15) is 5.82 Å². The summed E-state index contributed by atoms with van der Waals surface area (Å²) in [5.74, 6) is -0.321. The van der Waals surface area contributed by atoms with Crippen LogP contribution in [0.5, 0.6) is 0 Å². The fourth-order valence-electron chi connectivity index (χ4n) is 3.58. The van der Waals surface area contributed by atoms with Crippen LogP contribution in [-0.2, 0) is 6.42 Å². The zero-order chi connectivity index (χ0) is 16.7. The Morgan fingerprint density at radius 1 is 1.04 bits per heavy atom. The van der Waals surface area contributed by atoms with Crippen LogP contribution in [-0.4, -0.2) is 16.5 Å². The standard InChI is InChI=1S/C18H16ClF2N3/c19-18-23-16-13(10-1-3-11(20)4-2-10)5-6-14(16)17(24-18)15-9-12(21)7-8-22-15/h1-4,9,13,15,22H,5-8H2. The zero-order valence-electron chi connectivity index (χ0n) is 12.9. The largest absolute Gasteiger partial charge is 0.305 e. The topological polar surface area (TPSA) is 37.8 Å². The molecular formula is C18H16ClF2N3. The fourth-order valence-corrected chi connectivity index (χ4v) is 3.76. The maximum atomic E-state index is 13.7. The van der Waals surface area contributed by atoms with Gasteiger partial charge < -0.3 is 5.32 Å². The molecule has 0 fully saturated rings. The van der Waals surface area contributed by atoms with Crippen LogP contribution in [0, 0.1) is 5.82 Å². The average Bonchev–Trinajstić information content (AvgIpc) is 2.98. The van der Waals surface area contributed by atoms with Crippen LogP contribution in [0.25, 0.3) is 0 Å². The lowest BCUT2D eigenvalue weighted by Crippen LogP contribution is -2.27. The minimum absolute atomic E-state index is 0.0669. The number of hydrogen-bond acceptors (Lipinski definition) is 3. The quantitative estimate of drug-likeness (QED) is 0.826. The zero-order valence-corrected chi connectivity index (χ0v) is 13.7. The summed E-state index contributed by atoms with van der Waals surface area (Å²) in [5, 5.41) is 3.44. The van der Waals surface area contributed by atoms with E-state index >= 15 is 0 Å². The molecule has 2 aliphatic rings. The van der Waals surface area contributed by atoms with E-state index in [0.29, 0.717) is 13.0 Å². The summed E-state index contributed by atoms with van der Waals surface area (Å²) >= 11 is 6.14. The van der Waals surface area contributed by atoms with E-state index in [0.717, 1.165) is 35.4 Å². The molecule has 2 unspecified atom stereocenters. The Morgan fingerprint density at radius 3 is 2.54 bits per heavy atom. The van der Waals surface area contributed by atoms with E-state index < -0.39 is 0 Å². The normalized spacial score (nSPS) is 23.0. The van der Waals surface area contributed by atoms with Gasteiger partial charge in [0, 0.05) is 18.9 Å². The first-order valence-electron chi connectivity index (χ1n) is 8.03. The summed E-state index contributed by atoms with van der Waals surface area (Å²) in [6.45, 7) is 0.574. The molecule has 1 aromatic carbocycles. The smallest absolute Gasteiger partial charge is 0.222 e. The van der Waals surface area contributed by atoms with Crippen LogP contribution in [0.1, 0.15) is 47.3 Å². The summed E-state index contributed by atoms with van der Waals surface area (Å²) in [4.78, 5) is 8.79. The number of fused-ring (bicyclic) bond motifs is 1. The molecule has 2 atom stereocenters. The summed E-state index contributed by atoms with van der Waals surface area (Å²) in [6, 6.07) is 6.20. The summed E-state index contributed by atoms with van der Waals surface area (Å²) in [7, 11) is 0. The van der Waals surface area contributed by atoms with Gasteiger partial charge in [-0.15, -0.1) is 0 Å². The Bertz CT molecular complexity index is 805. The third kappa shape index (κ3) is 2.82. The lowest BCUT2D eigenvalue weighted by molar-refractivity contribution is 0.487. The van der Waals surface area contributed by atoms with Crippen LogP contribution in [0.2, 0.25) is 5.28 Å². The van der Waals surface area contributed by atoms with Crippen molar-refractivity contribution in [3.8, 4) is 0 Å². The van der Waals surface area contributed by atoms with Crippen molar-refractivity contribution in [2.45, 2.75) is 31.2 Å². The highest BCUT2D eigenvalue weighted by Crippen LogP contribution is 2.40. The fraction of sp³-hybridized carbons (Fsp3) is 0.333. The Labute approximate surface area is 143 Å². The molecule has 0 saturated carbocycles. The molecule has 1 aliphatic heterocycles. The lowest BCUT2D eigenvalue weighted by Gasteiger charge is -2.21. The van der Waals surface area contributed by atoms with Gasteiger partial charge in [0.15, 0.2) is 0 Å². The Hall–Kier alpha value is -1.85. The number of aromatic nitrogens is 2. The van der Waals surface area contributed by atoms with E-state index in [9.17, 15) is 8.78 Å². The maximum absolute atomic E-state index is 13.7. The van der Waals surface area contributed by atoms with Crippen LogP contribution in [0.4, 0.5) is 8.78 Å². The SMILES string of the molecule is FC1=CC(c2nc(Cl)nc3c2CCC3c2ccc(F)cc2)NCC1. The van der Waals surface area contributed by atoms with Gasteiger partial charge in [-0.3, -0.25) is 0 Å². The van der Waals surface area contributed by atoms with Gasteiger partial charge in [0.2, 0.25) is 5.28 Å². The van der Waals surface area contributed by atoms with E-state index in [1.54, 1.807) is 18.2 Å². The second kappa shape index (κ2) is 6.22. The van der Waals surface area contributed by atoms with Crippen molar-refractivity contribution < 1.29 is 8.78 Å². The van der Waals surface area contributed by atoms with Crippen LogP contribution in [0.15, 0.2) is 36.2 Å². The minimum Gasteiger partial charge on any atom is -0.305 e. The molecule has 124 valence electrons. The highest BCUT2D eigenvalue weighted by atomic mass is 35.5. The minimum atomic E-state index is -0.278. The molecule has 2 heterocycles. The molecule has 0 spiro atoms. The molecule has 6 heteroatoms. The number of rotatable bonds is 2. The molecular weight excluding hydrogens is 332 g/mol. The molecule has 0 saturated heterocycles. The van der Waals surface area contributed by atoms with Crippen molar-refractivity contribution in [1.82, 2.24) is 15.3 Å². The van der Waals surface area contributed by atoms with Gasteiger partial charge in [-0.1, -0.05) is 12.1 Å². The van der Waals surface area contributed by atoms with Gasteiger partial charge in [0.25, 0.3) is 0 Å². The molecule has 4 rings (SSSR count). The van der Waals surface area contributed by atoms with Crippen molar-refractivity contribution in [2.75, 3.05) is 6.54 Å². The van der Waals surface area contributed by atoms with E-state index in [4.69, 9.17) is 11.6 Å². The molecule has 0 bridgehead atoms. The molecule has 3 nitrogen and oxygen atoms in total. The van der Waals surface area contributed by atoms with Gasteiger partial charge in [-0.2, -0.15) is 0 Å². The molecule has 0 amide bonds. The van der Waals surface area contributed by atoms with Gasteiger partial charge in [-0.25, -0.2) is 18.7 Å². The van der Waals surface area contributed by atoms with E-state index in [-0.39, 0.29) is 28.9 Å². The molecule has 1 aliphatic carbocycles. The van der Waals surface area contributed by atoms with E-state index in [1.165, 1.54) is 12.1 Å². The highest BCUT2D eigenvalue weighted by molar-refractivity contribution is 6.28. The number of hydrogen-bond donors (Lipinski definition) is 1. The van der Waals surface area contributed by atoms with E-state index in [2.05, 4.69) is 15.3 Å². The number of nitrogens with zero attached hydrogens (tertiary/aromatic N) is 2. The van der Waals surface area contributed by atoms with Crippen molar-refractivity contribution in [3.63, 3.8) is 0 Å².